The summed E-state index contributed by atoms with van der Waals surface area (Å²) in [5, 5.41) is 0.399. The van der Waals surface area contributed by atoms with Crippen LogP contribution in [0.1, 0.15) is 42.1 Å². The first-order chi connectivity index (χ1) is 8.63. The highest BCUT2D eigenvalue weighted by Gasteiger charge is 2.22. The molecule has 1 fully saturated rings. The minimum absolute atomic E-state index is 0.374. The van der Waals surface area contributed by atoms with Crippen molar-refractivity contribution in [3.63, 3.8) is 0 Å². The zero-order chi connectivity index (χ0) is 13.1. The molecule has 18 heavy (non-hydrogen) atoms. The van der Waals surface area contributed by atoms with Gasteiger partial charge < -0.3 is 5.43 Å². The maximum atomic E-state index is 5.60. The van der Waals surface area contributed by atoms with Crippen molar-refractivity contribution in [3.8, 4) is 0 Å². The third-order valence-corrected chi connectivity index (χ3v) is 5.72. The van der Waals surface area contributed by atoms with Gasteiger partial charge in [0.2, 0.25) is 0 Å². The second-order valence-electron chi connectivity index (χ2n) is 4.66. The summed E-state index contributed by atoms with van der Waals surface area (Å²) in [6.45, 7) is 6.32. The van der Waals surface area contributed by atoms with E-state index in [1.165, 1.54) is 11.5 Å². The van der Waals surface area contributed by atoms with Crippen LogP contribution in [-0.4, -0.2) is 27.2 Å². The number of nitrogens with one attached hydrogen (secondary N) is 1. The summed E-state index contributed by atoms with van der Waals surface area (Å²) in [6, 6.07) is 0. The Balaban J connectivity index is 2.35. The number of nitrogens with two attached hydrogens (primary N) is 1. The van der Waals surface area contributed by atoms with Gasteiger partial charge in [-0.1, -0.05) is 13.8 Å². The Morgan fingerprint density at radius 2 is 2.11 bits per heavy atom. The molecule has 0 radical (unpaired) electrons. The average Bonchev–Trinajstić information content (AvgIpc) is 2.38. The predicted octanol–water partition coefficient (Wildman–Crippen LogP) is 2.72. The van der Waals surface area contributed by atoms with Crippen LogP contribution in [0.25, 0.3) is 0 Å². The molecular weight excluding hydrogens is 264 g/mol. The molecule has 1 unspecified atom stereocenters. The number of aromatic nitrogens is 2. The molecule has 1 aromatic rings. The van der Waals surface area contributed by atoms with E-state index in [0.717, 1.165) is 28.7 Å². The number of hydrogen-bond donors (Lipinski definition) is 2. The fourth-order valence-electron chi connectivity index (χ4n) is 2.19. The molecule has 1 atom stereocenters. The van der Waals surface area contributed by atoms with Crippen molar-refractivity contribution in [2.45, 2.75) is 31.9 Å². The van der Waals surface area contributed by atoms with E-state index in [1.54, 1.807) is 0 Å². The van der Waals surface area contributed by atoms with E-state index in [0.29, 0.717) is 11.2 Å². The summed E-state index contributed by atoms with van der Waals surface area (Å²) in [5.74, 6) is 11.2. The van der Waals surface area contributed by atoms with E-state index < -0.39 is 0 Å². The Morgan fingerprint density at radius 3 is 2.67 bits per heavy atom. The van der Waals surface area contributed by atoms with Crippen molar-refractivity contribution in [1.82, 2.24) is 9.97 Å². The van der Waals surface area contributed by atoms with Gasteiger partial charge in [0.15, 0.2) is 0 Å². The molecule has 0 saturated carbocycles. The number of nitrogen functional groups attached to an aromatic ring is 1. The number of hydrogen-bond acceptors (Lipinski definition) is 6. The number of rotatable bonds is 3. The molecule has 1 aliphatic rings. The Kier molecular flexibility index (Phi) is 4.75. The summed E-state index contributed by atoms with van der Waals surface area (Å²) >= 11 is 3.92. The van der Waals surface area contributed by atoms with Crippen LogP contribution in [0, 0.1) is 6.92 Å². The molecule has 2 rings (SSSR count). The Hall–Kier alpha value is -0.460. The zero-order valence-electron chi connectivity index (χ0n) is 11.1. The number of thioether (sulfide) groups is 2. The highest BCUT2D eigenvalue weighted by atomic mass is 32.2. The van der Waals surface area contributed by atoms with Gasteiger partial charge in [-0.05, 0) is 12.8 Å². The topological polar surface area (TPSA) is 63.8 Å². The fourth-order valence-corrected chi connectivity index (χ4v) is 4.78. The summed E-state index contributed by atoms with van der Waals surface area (Å²) in [5.41, 5.74) is 4.89. The monoisotopic (exact) mass is 284 g/mol. The van der Waals surface area contributed by atoms with E-state index in [2.05, 4.69) is 29.2 Å². The highest BCUT2D eigenvalue weighted by Crippen LogP contribution is 2.36. The molecule has 1 saturated heterocycles. The van der Waals surface area contributed by atoms with Crippen LogP contribution >= 0.6 is 23.5 Å². The van der Waals surface area contributed by atoms with E-state index in [4.69, 9.17) is 5.84 Å². The van der Waals surface area contributed by atoms with Crippen LogP contribution in [0.2, 0.25) is 0 Å². The number of aryl methyl sites for hydroxylation is 1. The highest BCUT2D eigenvalue weighted by molar-refractivity contribution is 8.06. The first-order valence-electron chi connectivity index (χ1n) is 6.18. The molecule has 0 amide bonds. The molecule has 1 aliphatic heterocycles. The lowest BCUT2D eigenvalue weighted by Crippen LogP contribution is -2.18. The first kappa shape index (κ1) is 14.0. The van der Waals surface area contributed by atoms with E-state index in [1.807, 2.05) is 30.4 Å². The van der Waals surface area contributed by atoms with E-state index in [9.17, 15) is 0 Å². The normalized spacial score (nSPS) is 20.2. The Bertz CT molecular complexity index is 417. The number of nitrogens with zero attached hydrogens (tertiary/aromatic N) is 2. The van der Waals surface area contributed by atoms with Gasteiger partial charge in [0.1, 0.15) is 11.6 Å². The van der Waals surface area contributed by atoms with Gasteiger partial charge >= 0.3 is 0 Å². The fraction of sp³-hybridized carbons (Fsp3) is 0.667. The lowest BCUT2D eigenvalue weighted by atomic mass is 10.0. The molecule has 1 aromatic heterocycles. The van der Waals surface area contributed by atoms with Crippen LogP contribution in [0.15, 0.2) is 0 Å². The molecule has 0 aromatic carbocycles. The lowest BCUT2D eigenvalue weighted by molar-refractivity contribution is 0.804. The average molecular weight is 284 g/mol. The molecule has 4 nitrogen and oxygen atoms in total. The summed E-state index contributed by atoms with van der Waals surface area (Å²) in [6.07, 6.45) is 0. The molecule has 2 heterocycles. The van der Waals surface area contributed by atoms with E-state index >= 15 is 0 Å². The Morgan fingerprint density at radius 1 is 1.33 bits per heavy atom. The van der Waals surface area contributed by atoms with Crippen LogP contribution in [0.5, 0.6) is 0 Å². The molecule has 3 N–H and O–H groups in total. The first-order valence-corrected chi connectivity index (χ1v) is 8.38. The van der Waals surface area contributed by atoms with Gasteiger partial charge in [-0.25, -0.2) is 15.8 Å². The smallest absolute Gasteiger partial charge is 0.147 e. The van der Waals surface area contributed by atoms with Crippen molar-refractivity contribution >= 4 is 29.3 Å². The van der Waals surface area contributed by atoms with Crippen LogP contribution in [-0.2, 0) is 0 Å². The molecule has 0 aliphatic carbocycles. The quantitative estimate of drug-likeness (QED) is 0.657. The second-order valence-corrected chi connectivity index (χ2v) is 7.12. The maximum Gasteiger partial charge on any atom is 0.147 e. The third kappa shape index (κ3) is 2.92. The molecule has 100 valence electrons. The largest absolute Gasteiger partial charge is 0.308 e. The van der Waals surface area contributed by atoms with Crippen molar-refractivity contribution in [3.05, 3.63) is 17.1 Å². The van der Waals surface area contributed by atoms with Crippen LogP contribution in [0.3, 0.4) is 0 Å². The summed E-state index contributed by atoms with van der Waals surface area (Å²) < 4.78 is 0. The lowest BCUT2D eigenvalue weighted by Gasteiger charge is -2.22. The predicted molar refractivity (Wildman–Crippen MR) is 81.2 cm³/mol. The Labute approximate surface area is 117 Å². The SMILES string of the molecule is Cc1nc(C2CSCCS2)nc(NN)c1C(C)C. The second kappa shape index (κ2) is 6.12. The van der Waals surface area contributed by atoms with Crippen molar-refractivity contribution in [1.29, 1.82) is 0 Å². The molecular formula is C12H20N4S2. The minimum atomic E-state index is 0.374. The van der Waals surface area contributed by atoms with Gasteiger partial charge in [0.25, 0.3) is 0 Å². The molecule has 0 bridgehead atoms. The van der Waals surface area contributed by atoms with Crippen LogP contribution < -0.4 is 11.3 Å². The molecule has 0 spiro atoms. The van der Waals surface area contributed by atoms with E-state index in [-0.39, 0.29) is 0 Å². The van der Waals surface area contributed by atoms with Gasteiger partial charge in [-0.2, -0.15) is 11.8 Å². The van der Waals surface area contributed by atoms with Gasteiger partial charge in [-0.3, -0.25) is 0 Å². The van der Waals surface area contributed by atoms with Gasteiger partial charge in [0, 0.05) is 28.5 Å². The van der Waals surface area contributed by atoms with Crippen LogP contribution in [0.4, 0.5) is 5.82 Å². The maximum absolute atomic E-state index is 5.60. The minimum Gasteiger partial charge on any atom is -0.308 e. The number of hydrazine groups is 1. The zero-order valence-corrected chi connectivity index (χ0v) is 12.7. The summed E-state index contributed by atoms with van der Waals surface area (Å²) in [7, 11) is 0. The third-order valence-electron chi connectivity index (χ3n) is 2.97. The number of anilines is 1. The van der Waals surface area contributed by atoms with Gasteiger partial charge in [0.05, 0.1) is 5.25 Å². The van der Waals surface area contributed by atoms with Crippen molar-refractivity contribution < 1.29 is 0 Å². The standard InChI is InChI=1S/C12H20N4S2/c1-7(2)10-8(3)14-11(15-12(10)16-13)9-6-17-4-5-18-9/h7,9H,4-6,13H2,1-3H3,(H,14,15,16). The van der Waals surface area contributed by atoms with Gasteiger partial charge in [-0.15, -0.1) is 11.8 Å². The van der Waals surface area contributed by atoms with Crippen molar-refractivity contribution in [2.24, 2.45) is 5.84 Å². The van der Waals surface area contributed by atoms with Crippen molar-refractivity contribution in [2.75, 3.05) is 22.7 Å². The summed E-state index contributed by atoms with van der Waals surface area (Å²) in [4.78, 5) is 9.30. The molecule has 6 heteroatoms.